The second kappa shape index (κ2) is 4.60. The average molecular weight is 246 g/mol. The molecule has 2 amide bonds. The van der Waals surface area contributed by atoms with Gasteiger partial charge >= 0.3 is 0 Å². The molecule has 1 aliphatic rings. The number of carbonyl (C=O) groups is 2. The molecule has 5 nitrogen and oxygen atoms in total. The minimum Gasteiger partial charge on any atom is -0.484 e. The van der Waals surface area contributed by atoms with Crippen molar-refractivity contribution in [2.24, 2.45) is 5.92 Å². The van der Waals surface area contributed by atoms with Gasteiger partial charge in [-0.25, -0.2) is 0 Å². The Kier molecular flexibility index (Phi) is 3.14. The lowest BCUT2D eigenvalue weighted by Gasteiger charge is -2.18. The van der Waals surface area contributed by atoms with Crippen molar-refractivity contribution >= 4 is 17.7 Å². The van der Waals surface area contributed by atoms with E-state index in [1.54, 1.807) is 31.2 Å². The zero-order chi connectivity index (χ0) is 13.3. The zero-order valence-corrected chi connectivity index (χ0v) is 10.3. The summed E-state index contributed by atoms with van der Waals surface area (Å²) in [6, 6.07) is 6.74. The van der Waals surface area contributed by atoms with Crippen LogP contribution in [0.1, 0.15) is 27.6 Å². The molecule has 5 heteroatoms. The number of benzene rings is 1. The van der Waals surface area contributed by atoms with Gasteiger partial charge in [-0.15, -0.1) is 0 Å². The monoisotopic (exact) mass is 246 g/mol. The van der Waals surface area contributed by atoms with Gasteiger partial charge in [0.25, 0.3) is 11.8 Å². The summed E-state index contributed by atoms with van der Waals surface area (Å²) in [5.41, 5.74) is 0.859. The Morgan fingerprint density at radius 2 is 1.78 bits per heavy atom. The molecular weight excluding hydrogens is 232 g/mol. The van der Waals surface area contributed by atoms with Crippen molar-refractivity contribution in [3.8, 4) is 0 Å². The second-order valence-corrected chi connectivity index (χ2v) is 4.24. The van der Waals surface area contributed by atoms with E-state index in [1.165, 1.54) is 12.0 Å². The van der Waals surface area contributed by atoms with E-state index in [1.807, 2.05) is 0 Å². The molecule has 1 aliphatic heterocycles. The molecule has 1 atom stereocenters. The van der Waals surface area contributed by atoms with E-state index in [4.69, 9.17) is 10.1 Å². The summed E-state index contributed by atoms with van der Waals surface area (Å²) in [5, 5.41) is 7.53. The Morgan fingerprint density at radius 1 is 1.28 bits per heavy atom. The van der Waals surface area contributed by atoms with E-state index < -0.39 is 0 Å². The third kappa shape index (κ3) is 1.88. The van der Waals surface area contributed by atoms with E-state index in [-0.39, 0.29) is 30.2 Å². The maximum atomic E-state index is 12.0. The standard InChI is InChI=1S/C13H14N2O3/c1-8(11(14)18-2)7-15-12(16)9-5-3-4-6-10(9)13(15)17/h3-6,8,14H,7H2,1-2H3. The first-order valence-corrected chi connectivity index (χ1v) is 5.64. The molecule has 1 aromatic rings. The number of fused-ring (bicyclic) bond motifs is 1. The largest absolute Gasteiger partial charge is 0.484 e. The Morgan fingerprint density at radius 3 is 2.22 bits per heavy atom. The van der Waals surface area contributed by atoms with Crippen LogP contribution in [0.4, 0.5) is 0 Å². The molecule has 1 aromatic carbocycles. The van der Waals surface area contributed by atoms with E-state index in [2.05, 4.69) is 0 Å². The summed E-state index contributed by atoms with van der Waals surface area (Å²) < 4.78 is 4.80. The van der Waals surface area contributed by atoms with E-state index in [9.17, 15) is 9.59 Å². The molecule has 1 heterocycles. The molecule has 0 saturated carbocycles. The van der Waals surface area contributed by atoms with Gasteiger partial charge < -0.3 is 4.74 Å². The summed E-state index contributed by atoms with van der Waals surface area (Å²) in [4.78, 5) is 25.3. The van der Waals surface area contributed by atoms with E-state index in [0.29, 0.717) is 11.1 Å². The third-order valence-corrected chi connectivity index (χ3v) is 3.00. The molecule has 18 heavy (non-hydrogen) atoms. The third-order valence-electron chi connectivity index (χ3n) is 3.00. The van der Waals surface area contributed by atoms with Crippen molar-refractivity contribution in [2.75, 3.05) is 13.7 Å². The summed E-state index contributed by atoms with van der Waals surface area (Å²) in [5.74, 6) is -0.846. The number of nitrogens with one attached hydrogen (secondary N) is 1. The van der Waals surface area contributed by atoms with Crippen LogP contribution >= 0.6 is 0 Å². The number of nitrogens with zero attached hydrogens (tertiary/aromatic N) is 1. The van der Waals surface area contributed by atoms with Gasteiger partial charge in [-0.05, 0) is 12.1 Å². The van der Waals surface area contributed by atoms with Crippen molar-refractivity contribution in [1.82, 2.24) is 4.90 Å². The lowest BCUT2D eigenvalue weighted by atomic mass is 10.1. The number of carbonyl (C=O) groups excluding carboxylic acids is 2. The number of hydrogen-bond donors (Lipinski definition) is 1. The lowest BCUT2D eigenvalue weighted by Crippen LogP contribution is -2.36. The highest BCUT2D eigenvalue weighted by atomic mass is 16.5. The zero-order valence-electron chi connectivity index (χ0n) is 10.3. The molecule has 94 valence electrons. The van der Waals surface area contributed by atoms with Crippen LogP contribution in [0.25, 0.3) is 0 Å². The smallest absolute Gasteiger partial charge is 0.261 e. The fourth-order valence-corrected chi connectivity index (χ4v) is 1.96. The predicted molar refractivity (Wildman–Crippen MR) is 65.7 cm³/mol. The normalized spacial score (nSPS) is 15.6. The van der Waals surface area contributed by atoms with Crippen molar-refractivity contribution in [3.63, 3.8) is 0 Å². The highest BCUT2D eigenvalue weighted by Gasteiger charge is 2.36. The van der Waals surface area contributed by atoms with Crippen LogP contribution < -0.4 is 0 Å². The number of ether oxygens (including phenoxy) is 1. The van der Waals surface area contributed by atoms with Crippen LogP contribution in [-0.4, -0.2) is 36.3 Å². The summed E-state index contributed by atoms with van der Waals surface area (Å²) in [7, 11) is 1.40. The Hall–Kier alpha value is -2.17. The molecule has 0 fully saturated rings. The fourth-order valence-electron chi connectivity index (χ4n) is 1.96. The van der Waals surface area contributed by atoms with Crippen LogP contribution in [0, 0.1) is 11.3 Å². The first-order valence-electron chi connectivity index (χ1n) is 5.64. The van der Waals surface area contributed by atoms with Crippen LogP contribution in [0.3, 0.4) is 0 Å². The van der Waals surface area contributed by atoms with Gasteiger partial charge in [0.2, 0.25) is 0 Å². The van der Waals surface area contributed by atoms with Crippen LogP contribution in [0.15, 0.2) is 24.3 Å². The van der Waals surface area contributed by atoms with Gasteiger partial charge in [-0.1, -0.05) is 19.1 Å². The van der Waals surface area contributed by atoms with Crippen molar-refractivity contribution in [3.05, 3.63) is 35.4 Å². The molecule has 0 spiro atoms. The highest BCUT2D eigenvalue weighted by Crippen LogP contribution is 2.23. The molecule has 0 bridgehead atoms. The maximum Gasteiger partial charge on any atom is 0.261 e. The maximum absolute atomic E-state index is 12.0. The molecule has 0 saturated heterocycles. The Balaban J connectivity index is 2.21. The van der Waals surface area contributed by atoms with Crippen LogP contribution in [0.2, 0.25) is 0 Å². The fraction of sp³-hybridized carbons (Fsp3) is 0.308. The lowest BCUT2D eigenvalue weighted by molar-refractivity contribution is 0.0641. The molecule has 2 rings (SSSR count). The van der Waals surface area contributed by atoms with Gasteiger partial charge in [-0.2, -0.15) is 0 Å². The minimum atomic E-state index is -0.308. The van der Waals surface area contributed by atoms with Crippen molar-refractivity contribution in [1.29, 1.82) is 5.41 Å². The first-order chi connectivity index (χ1) is 8.56. The molecular formula is C13H14N2O3. The quantitative estimate of drug-likeness (QED) is 0.499. The first kappa shape index (κ1) is 12.3. The van der Waals surface area contributed by atoms with E-state index in [0.717, 1.165) is 0 Å². The predicted octanol–water partition coefficient (Wildman–Crippen LogP) is 1.54. The number of amides is 2. The van der Waals surface area contributed by atoms with Gasteiger partial charge in [0.1, 0.15) is 0 Å². The number of imide groups is 1. The van der Waals surface area contributed by atoms with E-state index >= 15 is 0 Å². The molecule has 1 N–H and O–H groups in total. The molecule has 0 aromatic heterocycles. The minimum absolute atomic E-state index is 0.0616. The van der Waals surface area contributed by atoms with Crippen molar-refractivity contribution < 1.29 is 14.3 Å². The van der Waals surface area contributed by atoms with Crippen LogP contribution in [0.5, 0.6) is 0 Å². The van der Waals surface area contributed by atoms with Gasteiger partial charge in [0, 0.05) is 12.5 Å². The number of rotatable bonds is 3. The molecule has 0 radical (unpaired) electrons. The Bertz CT molecular complexity index is 490. The summed E-state index contributed by atoms with van der Waals surface area (Å²) >= 11 is 0. The SMILES string of the molecule is COC(=N)C(C)CN1C(=O)c2ccccc2C1=O. The second-order valence-electron chi connectivity index (χ2n) is 4.24. The van der Waals surface area contributed by atoms with Gasteiger partial charge in [0.05, 0.1) is 18.2 Å². The molecule has 0 aliphatic carbocycles. The highest BCUT2D eigenvalue weighted by molar-refractivity contribution is 6.21. The molecule has 1 unspecified atom stereocenters. The number of hydrogen-bond acceptors (Lipinski definition) is 4. The average Bonchev–Trinajstić information content (AvgIpc) is 2.63. The van der Waals surface area contributed by atoms with Crippen LogP contribution in [-0.2, 0) is 4.74 Å². The Labute approximate surface area is 105 Å². The summed E-state index contributed by atoms with van der Waals surface area (Å²) in [6.45, 7) is 1.91. The number of methoxy groups -OCH3 is 1. The van der Waals surface area contributed by atoms with Gasteiger partial charge in [0.15, 0.2) is 5.90 Å². The van der Waals surface area contributed by atoms with Crippen molar-refractivity contribution in [2.45, 2.75) is 6.92 Å². The summed E-state index contributed by atoms with van der Waals surface area (Å²) in [6.07, 6.45) is 0. The van der Waals surface area contributed by atoms with Gasteiger partial charge in [-0.3, -0.25) is 19.9 Å². The topological polar surface area (TPSA) is 70.5 Å².